The molecule has 0 aliphatic carbocycles. The summed E-state index contributed by atoms with van der Waals surface area (Å²) in [7, 11) is 0. The Morgan fingerprint density at radius 2 is 2.08 bits per heavy atom. The number of aromatic nitrogens is 2. The van der Waals surface area contributed by atoms with Crippen molar-refractivity contribution in [3.63, 3.8) is 0 Å². The van der Waals surface area contributed by atoms with Crippen LogP contribution in [0, 0.1) is 11.3 Å². The predicted octanol–water partition coefficient (Wildman–Crippen LogP) is 4.64. The normalized spacial score (nSPS) is 10.9. The monoisotopic (exact) mass is 357 g/mol. The Bertz CT molecular complexity index is 967. The van der Waals surface area contributed by atoms with Crippen molar-refractivity contribution >= 4 is 33.2 Å². The first kappa shape index (κ1) is 16.7. The highest BCUT2D eigenvalue weighted by Gasteiger charge is 2.15. The van der Waals surface area contributed by atoms with Crippen molar-refractivity contribution in [2.75, 3.05) is 0 Å². The van der Waals surface area contributed by atoms with Gasteiger partial charge in [-0.1, -0.05) is 18.5 Å². The van der Waals surface area contributed by atoms with Crippen LogP contribution in [0.25, 0.3) is 21.6 Å². The molecule has 0 aliphatic rings. The van der Waals surface area contributed by atoms with Crippen LogP contribution in [-0.4, -0.2) is 9.55 Å². The summed E-state index contributed by atoms with van der Waals surface area (Å²) in [5.41, 5.74) is 0.806. The van der Waals surface area contributed by atoms with Crippen LogP contribution in [0.15, 0.2) is 35.1 Å². The summed E-state index contributed by atoms with van der Waals surface area (Å²) < 4.78 is 1.68. The SMILES string of the molecule is CCc1cc2c(=O)n(CCCC#N)c(-c3ccc(Cl)cc3)nc2s1. The van der Waals surface area contributed by atoms with Crippen molar-refractivity contribution in [2.24, 2.45) is 0 Å². The molecule has 0 amide bonds. The number of aryl methyl sites for hydroxylation is 1. The molecule has 2 aromatic heterocycles. The average Bonchev–Trinajstić information content (AvgIpc) is 3.01. The van der Waals surface area contributed by atoms with Gasteiger partial charge in [0.1, 0.15) is 10.7 Å². The summed E-state index contributed by atoms with van der Waals surface area (Å²) in [4.78, 5) is 19.6. The molecule has 3 rings (SSSR count). The van der Waals surface area contributed by atoms with E-state index >= 15 is 0 Å². The smallest absolute Gasteiger partial charge is 0.262 e. The first-order valence-electron chi connectivity index (χ1n) is 7.80. The molecule has 3 aromatic rings. The lowest BCUT2D eigenvalue weighted by atomic mass is 10.2. The maximum absolute atomic E-state index is 12.9. The molecule has 2 heterocycles. The largest absolute Gasteiger partial charge is 0.292 e. The summed E-state index contributed by atoms with van der Waals surface area (Å²) >= 11 is 7.52. The quantitative estimate of drug-likeness (QED) is 0.625. The van der Waals surface area contributed by atoms with E-state index < -0.39 is 0 Å². The van der Waals surface area contributed by atoms with Crippen molar-refractivity contribution in [3.8, 4) is 17.5 Å². The molecule has 0 N–H and O–H groups in total. The number of benzene rings is 1. The van der Waals surface area contributed by atoms with E-state index in [4.69, 9.17) is 21.8 Å². The van der Waals surface area contributed by atoms with Gasteiger partial charge < -0.3 is 0 Å². The van der Waals surface area contributed by atoms with Crippen LogP contribution in [-0.2, 0) is 13.0 Å². The molecular weight excluding hydrogens is 342 g/mol. The Balaban J connectivity index is 2.20. The number of nitriles is 1. The van der Waals surface area contributed by atoms with E-state index in [-0.39, 0.29) is 5.56 Å². The van der Waals surface area contributed by atoms with Crippen LogP contribution < -0.4 is 5.56 Å². The molecule has 0 spiro atoms. The van der Waals surface area contributed by atoms with Gasteiger partial charge in [0.25, 0.3) is 5.56 Å². The van der Waals surface area contributed by atoms with E-state index in [1.54, 1.807) is 28.0 Å². The minimum absolute atomic E-state index is 0.0427. The van der Waals surface area contributed by atoms with Gasteiger partial charge in [0.2, 0.25) is 0 Å². The summed E-state index contributed by atoms with van der Waals surface area (Å²) in [5.74, 6) is 0.631. The number of rotatable bonds is 5. The third kappa shape index (κ3) is 3.21. The molecule has 6 heteroatoms. The van der Waals surface area contributed by atoms with Gasteiger partial charge in [0.15, 0.2) is 0 Å². The molecule has 0 fully saturated rings. The van der Waals surface area contributed by atoms with Gasteiger partial charge in [-0.05, 0) is 43.2 Å². The number of hydrogen-bond acceptors (Lipinski definition) is 4. The maximum atomic E-state index is 12.9. The molecule has 1 aromatic carbocycles. The first-order valence-corrected chi connectivity index (χ1v) is 8.99. The van der Waals surface area contributed by atoms with Gasteiger partial charge in [0.05, 0.1) is 11.5 Å². The minimum Gasteiger partial charge on any atom is -0.292 e. The molecule has 0 saturated heterocycles. The van der Waals surface area contributed by atoms with E-state index in [2.05, 4.69) is 13.0 Å². The second kappa shape index (κ2) is 7.16. The molecule has 0 aliphatic heterocycles. The van der Waals surface area contributed by atoms with Crippen molar-refractivity contribution in [1.29, 1.82) is 5.26 Å². The first-order chi connectivity index (χ1) is 11.6. The van der Waals surface area contributed by atoms with Crippen LogP contribution >= 0.6 is 22.9 Å². The van der Waals surface area contributed by atoms with Crippen molar-refractivity contribution in [1.82, 2.24) is 9.55 Å². The molecule has 0 saturated carbocycles. The molecular formula is C18H16ClN3OS. The molecule has 122 valence electrons. The highest BCUT2D eigenvalue weighted by Crippen LogP contribution is 2.26. The zero-order valence-electron chi connectivity index (χ0n) is 13.3. The van der Waals surface area contributed by atoms with Crippen molar-refractivity contribution < 1.29 is 0 Å². The lowest BCUT2D eigenvalue weighted by Gasteiger charge is -2.12. The minimum atomic E-state index is -0.0427. The molecule has 0 atom stereocenters. The molecule has 0 bridgehead atoms. The van der Waals surface area contributed by atoms with Gasteiger partial charge in [-0.3, -0.25) is 9.36 Å². The molecule has 0 radical (unpaired) electrons. The van der Waals surface area contributed by atoms with Gasteiger partial charge in [0, 0.05) is 28.4 Å². The second-order valence-corrected chi connectivity index (χ2v) is 7.00. The molecule has 24 heavy (non-hydrogen) atoms. The number of halogens is 1. The highest BCUT2D eigenvalue weighted by atomic mass is 35.5. The number of unbranched alkanes of at least 4 members (excludes halogenated alkanes) is 1. The summed E-state index contributed by atoms with van der Waals surface area (Å²) in [6.07, 6.45) is 1.91. The van der Waals surface area contributed by atoms with E-state index in [9.17, 15) is 4.79 Å². The topological polar surface area (TPSA) is 58.7 Å². The summed E-state index contributed by atoms with van der Waals surface area (Å²) in [6.45, 7) is 2.54. The van der Waals surface area contributed by atoms with Gasteiger partial charge >= 0.3 is 0 Å². The number of nitrogens with zero attached hydrogens (tertiary/aromatic N) is 3. The zero-order chi connectivity index (χ0) is 17.1. The van der Waals surface area contributed by atoms with Crippen molar-refractivity contribution in [2.45, 2.75) is 32.7 Å². The van der Waals surface area contributed by atoms with E-state index in [0.717, 1.165) is 21.7 Å². The average molecular weight is 358 g/mol. The Kier molecular flexibility index (Phi) is 4.98. The van der Waals surface area contributed by atoms with Crippen molar-refractivity contribution in [3.05, 3.63) is 50.6 Å². The van der Waals surface area contributed by atoms with Gasteiger partial charge in [-0.2, -0.15) is 5.26 Å². The van der Waals surface area contributed by atoms with Crippen LogP contribution in [0.4, 0.5) is 0 Å². The maximum Gasteiger partial charge on any atom is 0.262 e. The number of fused-ring (bicyclic) bond motifs is 1. The van der Waals surface area contributed by atoms with Crippen LogP contribution in [0.2, 0.25) is 5.02 Å². The third-order valence-corrected chi connectivity index (χ3v) is 5.25. The Hall–Kier alpha value is -2.16. The fourth-order valence-electron chi connectivity index (χ4n) is 2.58. The number of thiophene rings is 1. The van der Waals surface area contributed by atoms with Crippen LogP contribution in [0.3, 0.4) is 0 Å². The highest BCUT2D eigenvalue weighted by molar-refractivity contribution is 7.18. The van der Waals surface area contributed by atoms with E-state index in [1.165, 1.54) is 0 Å². The molecule has 4 nitrogen and oxygen atoms in total. The Morgan fingerprint density at radius 3 is 2.75 bits per heavy atom. The van der Waals surface area contributed by atoms with Gasteiger partial charge in [-0.25, -0.2) is 4.98 Å². The van der Waals surface area contributed by atoms with Crippen LogP contribution in [0.1, 0.15) is 24.6 Å². The van der Waals surface area contributed by atoms with E-state index in [1.807, 2.05) is 18.2 Å². The lowest BCUT2D eigenvalue weighted by Crippen LogP contribution is -2.23. The Morgan fingerprint density at radius 1 is 1.33 bits per heavy atom. The summed E-state index contributed by atoms with van der Waals surface area (Å²) in [6, 6.07) is 11.4. The van der Waals surface area contributed by atoms with Gasteiger partial charge in [-0.15, -0.1) is 11.3 Å². The second-order valence-electron chi connectivity index (χ2n) is 5.45. The Labute approximate surface area is 149 Å². The zero-order valence-corrected chi connectivity index (χ0v) is 14.8. The summed E-state index contributed by atoms with van der Waals surface area (Å²) in [5, 5.41) is 10.1. The lowest BCUT2D eigenvalue weighted by molar-refractivity contribution is 0.634. The predicted molar refractivity (Wildman–Crippen MR) is 98.6 cm³/mol. The fraction of sp³-hybridized carbons (Fsp3) is 0.278. The fourth-order valence-corrected chi connectivity index (χ4v) is 3.67. The van der Waals surface area contributed by atoms with E-state index in [0.29, 0.717) is 35.6 Å². The molecule has 0 unspecified atom stereocenters. The van der Waals surface area contributed by atoms with Crippen LogP contribution in [0.5, 0.6) is 0 Å². The standard InChI is InChI=1S/C18H16ClN3OS/c1-2-14-11-15-17(24-14)21-16(12-5-7-13(19)8-6-12)22(18(15)23)10-4-3-9-20/h5-8,11H,2-4,10H2,1H3. The number of hydrogen-bond donors (Lipinski definition) is 0. The third-order valence-electron chi connectivity index (χ3n) is 3.82.